The normalized spacial score (nSPS) is 13.9. The van der Waals surface area contributed by atoms with Crippen molar-refractivity contribution in [1.82, 2.24) is 0 Å². The lowest BCUT2D eigenvalue weighted by Gasteiger charge is -2.35. The fraction of sp³-hybridized carbons (Fsp3) is 0.182. The van der Waals surface area contributed by atoms with Crippen LogP contribution in [-0.4, -0.2) is 10.5 Å². The first-order chi connectivity index (χ1) is 12.9. The average molecular weight is 382 g/mol. The molecule has 0 fully saturated rings. The second-order valence-electron chi connectivity index (χ2n) is 6.82. The summed E-state index contributed by atoms with van der Waals surface area (Å²) in [6.45, 7) is 3.60. The minimum atomic E-state index is -4.33. The monoisotopic (exact) mass is 382 g/mol. The fourth-order valence-corrected chi connectivity index (χ4v) is 4.39. The van der Waals surface area contributed by atoms with E-state index in [4.69, 9.17) is 9.05 Å². The van der Waals surface area contributed by atoms with Crippen LogP contribution in [0.4, 0.5) is 0 Å². The van der Waals surface area contributed by atoms with E-state index < -0.39 is 13.4 Å². The molecule has 0 saturated heterocycles. The van der Waals surface area contributed by atoms with Gasteiger partial charge in [-0.3, -0.25) is 9.42 Å². The van der Waals surface area contributed by atoms with Crippen LogP contribution in [0.3, 0.4) is 0 Å². The van der Waals surface area contributed by atoms with Crippen molar-refractivity contribution >= 4 is 7.82 Å². The molecule has 4 nitrogen and oxygen atoms in total. The van der Waals surface area contributed by atoms with E-state index in [9.17, 15) is 9.46 Å². The highest BCUT2D eigenvalue weighted by molar-refractivity contribution is 7.47. The maximum atomic E-state index is 12.7. The highest BCUT2D eigenvalue weighted by atomic mass is 31.2. The average Bonchev–Trinajstić information content (AvgIpc) is 2.63. The molecule has 0 bridgehead atoms. The van der Waals surface area contributed by atoms with Gasteiger partial charge in [0, 0.05) is 5.92 Å². The first-order valence-electron chi connectivity index (χ1n) is 8.75. The molecule has 0 amide bonds. The Kier molecular flexibility index (Phi) is 5.81. The van der Waals surface area contributed by atoms with Gasteiger partial charge in [0.2, 0.25) is 0 Å². The van der Waals surface area contributed by atoms with Crippen LogP contribution in [0, 0.1) is 0 Å². The predicted molar refractivity (Wildman–Crippen MR) is 107 cm³/mol. The molecular formula is C22H23O4P. The number of benzene rings is 3. The van der Waals surface area contributed by atoms with Crippen molar-refractivity contribution in [3.05, 3.63) is 102 Å². The Morgan fingerprint density at radius 1 is 0.778 bits per heavy atom. The van der Waals surface area contributed by atoms with Crippen molar-refractivity contribution in [2.75, 3.05) is 0 Å². The van der Waals surface area contributed by atoms with E-state index in [2.05, 4.69) is 0 Å². The Morgan fingerprint density at radius 3 is 1.63 bits per heavy atom. The fourth-order valence-electron chi connectivity index (χ4n) is 3.27. The smallest absolute Gasteiger partial charge is 0.404 e. The molecule has 3 aromatic carbocycles. The number of hydrogen-bond acceptors (Lipinski definition) is 3. The van der Waals surface area contributed by atoms with Gasteiger partial charge < -0.3 is 4.52 Å². The summed E-state index contributed by atoms with van der Waals surface area (Å²) in [6, 6.07) is 28.1. The third kappa shape index (κ3) is 5.08. The van der Waals surface area contributed by atoms with Crippen LogP contribution in [0.25, 0.3) is 0 Å². The number of rotatable bonds is 7. The standard InChI is InChI=1S/C22H23O4P/c1-22(2,26-27(23,24)25-20-16-10-5-11-17-20)21(18-12-6-3-7-13-18)19-14-8-4-9-15-19/h3-17,21H,1-2H3,(H,23,24). The number of para-hydroxylation sites is 1. The summed E-state index contributed by atoms with van der Waals surface area (Å²) >= 11 is 0. The van der Waals surface area contributed by atoms with E-state index in [1.807, 2.05) is 60.7 Å². The molecule has 140 valence electrons. The molecule has 0 saturated carbocycles. The van der Waals surface area contributed by atoms with Crippen LogP contribution in [0.5, 0.6) is 5.75 Å². The molecular weight excluding hydrogens is 359 g/mol. The Bertz CT molecular complexity index is 856. The predicted octanol–water partition coefficient (Wildman–Crippen LogP) is 5.79. The van der Waals surface area contributed by atoms with Gasteiger partial charge in [0.1, 0.15) is 5.75 Å². The Hall–Kier alpha value is -2.39. The van der Waals surface area contributed by atoms with Crippen LogP contribution in [0.1, 0.15) is 30.9 Å². The summed E-state index contributed by atoms with van der Waals surface area (Å²) < 4.78 is 23.6. The molecule has 27 heavy (non-hydrogen) atoms. The Balaban J connectivity index is 1.92. The summed E-state index contributed by atoms with van der Waals surface area (Å²) in [6.07, 6.45) is 0. The van der Waals surface area contributed by atoms with E-state index in [1.165, 1.54) is 0 Å². The van der Waals surface area contributed by atoms with Crippen LogP contribution in [0.15, 0.2) is 91.0 Å². The van der Waals surface area contributed by atoms with Gasteiger partial charge in [0.25, 0.3) is 0 Å². The summed E-state index contributed by atoms with van der Waals surface area (Å²) in [5.41, 5.74) is 0.990. The van der Waals surface area contributed by atoms with Crippen molar-refractivity contribution in [2.45, 2.75) is 25.4 Å². The number of phosphoric ester groups is 1. The third-order valence-corrected chi connectivity index (χ3v) is 5.42. The van der Waals surface area contributed by atoms with Crippen LogP contribution >= 0.6 is 7.82 Å². The van der Waals surface area contributed by atoms with Crippen LogP contribution in [-0.2, 0) is 9.09 Å². The molecule has 3 rings (SSSR count). The molecule has 3 aromatic rings. The van der Waals surface area contributed by atoms with Gasteiger partial charge in [-0.1, -0.05) is 78.9 Å². The zero-order valence-corrected chi connectivity index (χ0v) is 16.3. The Labute approximate surface area is 160 Å². The van der Waals surface area contributed by atoms with Crippen LogP contribution < -0.4 is 4.52 Å². The zero-order chi connectivity index (χ0) is 19.3. The topological polar surface area (TPSA) is 55.8 Å². The number of phosphoric acid groups is 1. The highest BCUT2D eigenvalue weighted by Gasteiger charge is 2.40. The molecule has 0 aliphatic heterocycles. The quantitative estimate of drug-likeness (QED) is 0.525. The third-order valence-electron chi connectivity index (χ3n) is 4.28. The zero-order valence-electron chi connectivity index (χ0n) is 15.4. The highest BCUT2D eigenvalue weighted by Crippen LogP contribution is 2.51. The minimum Gasteiger partial charge on any atom is -0.404 e. The van der Waals surface area contributed by atoms with Crippen molar-refractivity contribution in [3.8, 4) is 5.75 Å². The van der Waals surface area contributed by atoms with Crippen molar-refractivity contribution in [3.63, 3.8) is 0 Å². The summed E-state index contributed by atoms with van der Waals surface area (Å²) in [5.74, 6) is 0.0369. The number of hydrogen-bond donors (Lipinski definition) is 1. The molecule has 1 unspecified atom stereocenters. The van der Waals surface area contributed by atoms with Gasteiger partial charge in [-0.15, -0.1) is 0 Å². The van der Waals surface area contributed by atoms with E-state index in [0.717, 1.165) is 11.1 Å². The van der Waals surface area contributed by atoms with E-state index in [0.29, 0.717) is 0 Å². The van der Waals surface area contributed by atoms with Gasteiger partial charge >= 0.3 is 7.82 Å². The molecule has 0 heterocycles. The lowest BCUT2D eigenvalue weighted by atomic mass is 9.79. The van der Waals surface area contributed by atoms with E-state index >= 15 is 0 Å². The summed E-state index contributed by atoms with van der Waals surface area (Å²) in [4.78, 5) is 10.4. The second-order valence-corrected chi connectivity index (χ2v) is 8.12. The summed E-state index contributed by atoms with van der Waals surface area (Å²) in [5, 5.41) is 0. The molecule has 0 aliphatic rings. The second kappa shape index (κ2) is 8.10. The largest absolute Gasteiger partial charge is 0.527 e. The minimum absolute atomic E-state index is 0.250. The molecule has 0 aromatic heterocycles. The molecule has 0 aliphatic carbocycles. The molecule has 1 N–H and O–H groups in total. The van der Waals surface area contributed by atoms with Crippen molar-refractivity contribution in [2.24, 2.45) is 0 Å². The van der Waals surface area contributed by atoms with Crippen molar-refractivity contribution in [1.29, 1.82) is 0 Å². The molecule has 0 spiro atoms. The van der Waals surface area contributed by atoms with Gasteiger partial charge in [-0.2, -0.15) is 0 Å². The van der Waals surface area contributed by atoms with Gasteiger partial charge in [-0.25, -0.2) is 4.57 Å². The molecule has 5 heteroatoms. The SMILES string of the molecule is CC(C)(OP(=O)(O)Oc1ccccc1)C(c1ccccc1)c1ccccc1. The lowest BCUT2D eigenvalue weighted by Crippen LogP contribution is -2.33. The van der Waals surface area contributed by atoms with Gasteiger partial charge in [-0.05, 0) is 37.1 Å². The van der Waals surface area contributed by atoms with E-state index in [-0.39, 0.29) is 11.7 Å². The maximum absolute atomic E-state index is 12.7. The lowest BCUT2D eigenvalue weighted by molar-refractivity contribution is 0.0545. The maximum Gasteiger partial charge on any atom is 0.527 e. The molecule has 0 radical (unpaired) electrons. The molecule has 1 atom stereocenters. The van der Waals surface area contributed by atoms with Crippen LogP contribution in [0.2, 0.25) is 0 Å². The summed E-state index contributed by atoms with van der Waals surface area (Å²) in [7, 11) is -4.33. The van der Waals surface area contributed by atoms with Gasteiger partial charge in [0.05, 0.1) is 5.60 Å². The first kappa shape index (κ1) is 19.4. The van der Waals surface area contributed by atoms with Gasteiger partial charge in [0.15, 0.2) is 0 Å². The Morgan fingerprint density at radius 2 is 1.19 bits per heavy atom. The van der Waals surface area contributed by atoms with Crippen molar-refractivity contribution < 1.29 is 18.5 Å². The van der Waals surface area contributed by atoms with E-state index in [1.54, 1.807) is 44.2 Å². The first-order valence-corrected chi connectivity index (χ1v) is 10.2.